The molecule has 0 fully saturated rings. The highest BCUT2D eigenvalue weighted by molar-refractivity contribution is 7.77. The third-order valence-electron chi connectivity index (χ3n) is 4.16. The number of hydrogen-bond acceptors (Lipinski definition) is 2. The van der Waals surface area contributed by atoms with Crippen molar-refractivity contribution in [2.24, 2.45) is 0 Å². The van der Waals surface area contributed by atoms with Crippen LogP contribution in [0.15, 0.2) is 91.0 Å². The number of rotatable bonds is 7. The number of carbonyl (C=O) groups is 1. The van der Waals surface area contributed by atoms with E-state index in [-0.39, 0.29) is 6.42 Å². The molecule has 1 atom stereocenters. The Hall–Kier alpha value is -2.68. The van der Waals surface area contributed by atoms with Gasteiger partial charge in [0.25, 0.3) is 0 Å². The van der Waals surface area contributed by atoms with E-state index in [0.29, 0.717) is 10.6 Å². The maximum Gasteiger partial charge on any atom is 0.321 e. The van der Waals surface area contributed by atoms with E-state index in [0.717, 1.165) is 5.56 Å². The van der Waals surface area contributed by atoms with Crippen LogP contribution < -0.4 is 15.7 Å². The molecule has 2 N–H and O–H groups in total. The molecular formula is C21H20NO3P. The van der Waals surface area contributed by atoms with Crippen LogP contribution in [0.25, 0.3) is 0 Å². The molecule has 3 aromatic carbocycles. The molecule has 3 aromatic rings. The Morgan fingerprint density at radius 3 is 1.65 bits per heavy atom. The summed E-state index contributed by atoms with van der Waals surface area (Å²) in [7, 11) is -3.30. The van der Waals surface area contributed by atoms with Crippen molar-refractivity contribution >= 4 is 23.9 Å². The standard InChI is InChI=1S/C21H20NO3P/c23-21(24)20(16-17-10-4-1-5-11-17)22-26(25,18-12-6-2-7-13-18)19-14-8-3-9-15-19/h1-15,20H,16H2,(H,22,25)(H,23,24)/t20-/m0/s1. The Bertz CT molecular complexity index is 855. The largest absolute Gasteiger partial charge is 0.480 e. The first kappa shape index (κ1) is 18.1. The van der Waals surface area contributed by atoms with Gasteiger partial charge in [-0.25, -0.2) is 5.09 Å². The summed E-state index contributed by atoms with van der Waals surface area (Å²) < 4.78 is 13.9. The van der Waals surface area contributed by atoms with Gasteiger partial charge >= 0.3 is 5.97 Å². The lowest BCUT2D eigenvalue weighted by Crippen LogP contribution is -2.41. The number of carboxylic acids is 1. The summed E-state index contributed by atoms with van der Waals surface area (Å²) in [5.74, 6) is -1.03. The highest BCUT2D eigenvalue weighted by atomic mass is 31.2. The van der Waals surface area contributed by atoms with Crippen LogP contribution in [0.1, 0.15) is 5.56 Å². The van der Waals surface area contributed by atoms with E-state index >= 15 is 0 Å². The van der Waals surface area contributed by atoms with Crippen LogP contribution in [0.2, 0.25) is 0 Å². The van der Waals surface area contributed by atoms with Crippen LogP contribution >= 0.6 is 7.29 Å². The van der Waals surface area contributed by atoms with E-state index in [2.05, 4.69) is 5.09 Å². The van der Waals surface area contributed by atoms with Crippen molar-refractivity contribution in [2.75, 3.05) is 0 Å². The summed E-state index contributed by atoms with van der Waals surface area (Å²) in [5, 5.41) is 13.9. The molecule has 132 valence electrons. The average molecular weight is 365 g/mol. The molecule has 26 heavy (non-hydrogen) atoms. The molecule has 0 heterocycles. The molecule has 5 heteroatoms. The van der Waals surface area contributed by atoms with Crippen molar-refractivity contribution in [3.05, 3.63) is 96.6 Å². The second-order valence-electron chi connectivity index (χ2n) is 5.99. The van der Waals surface area contributed by atoms with Crippen LogP contribution in [-0.4, -0.2) is 17.1 Å². The molecule has 0 amide bonds. The van der Waals surface area contributed by atoms with Crippen molar-refractivity contribution in [3.63, 3.8) is 0 Å². The van der Waals surface area contributed by atoms with Crippen LogP contribution in [-0.2, 0) is 15.8 Å². The fourth-order valence-corrected chi connectivity index (χ4v) is 5.25. The van der Waals surface area contributed by atoms with Crippen LogP contribution in [0.5, 0.6) is 0 Å². The summed E-state index contributed by atoms with van der Waals surface area (Å²) in [4.78, 5) is 11.9. The van der Waals surface area contributed by atoms with Gasteiger partial charge in [0, 0.05) is 10.6 Å². The Kier molecular flexibility index (Phi) is 5.67. The zero-order chi connectivity index (χ0) is 18.4. The number of carboxylic acid groups (broad SMARTS) is 1. The normalized spacial score (nSPS) is 12.5. The van der Waals surface area contributed by atoms with E-state index in [1.54, 1.807) is 48.5 Å². The van der Waals surface area contributed by atoms with Gasteiger partial charge in [-0.15, -0.1) is 0 Å². The zero-order valence-corrected chi connectivity index (χ0v) is 15.1. The molecule has 0 aromatic heterocycles. The van der Waals surface area contributed by atoms with Crippen molar-refractivity contribution < 1.29 is 14.5 Å². The molecule has 0 bridgehead atoms. The molecule has 0 spiro atoms. The monoisotopic (exact) mass is 365 g/mol. The summed E-state index contributed by atoms with van der Waals surface area (Å²) in [6, 6.07) is 26.3. The van der Waals surface area contributed by atoms with Gasteiger partial charge in [0.05, 0.1) is 0 Å². The Morgan fingerprint density at radius 1 is 0.808 bits per heavy atom. The highest BCUT2D eigenvalue weighted by Crippen LogP contribution is 2.39. The second kappa shape index (κ2) is 8.13. The molecule has 0 unspecified atom stereocenters. The Labute approximate surface area is 152 Å². The number of hydrogen-bond donors (Lipinski definition) is 2. The van der Waals surface area contributed by atoms with Gasteiger partial charge in [-0.05, 0) is 36.2 Å². The van der Waals surface area contributed by atoms with E-state index in [1.165, 1.54) is 0 Å². The predicted octanol–water partition coefficient (Wildman–Crippen LogP) is 3.20. The van der Waals surface area contributed by atoms with Crippen LogP contribution in [0.3, 0.4) is 0 Å². The fourth-order valence-electron chi connectivity index (χ4n) is 2.83. The summed E-state index contributed by atoms with van der Waals surface area (Å²) in [5.41, 5.74) is 0.875. The second-order valence-corrected chi connectivity index (χ2v) is 8.50. The van der Waals surface area contributed by atoms with Gasteiger partial charge in [-0.1, -0.05) is 66.7 Å². The highest BCUT2D eigenvalue weighted by Gasteiger charge is 2.32. The quantitative estimate of drug-likeness (QED) is 0.631. The van der Waals surface area contributed by atoms with Crippen molar-refractivity contribution in [1.82, 2.24) is 5.09 Å². The van der Waals surface area contributed by atoms with Gasteiger partial charge in [0.1, 0.15) is 6.04 Å². The van der Waals surface area contributed by atoms with E-state index in [4.69, 9.17) is 0 Å². The number of aliphatic carboxylic acids is 1. The third kappa shape index (κ3) is 4.10. The van der Waals surface area contributed by atoms with Crippen molar-refractivity contribution in [3.8, 4) is 0 Å². The topological polar surface area (TPSA) is 66.4 Å². The molecule has 0 aliphatic heterocycles. The lowest BCUT2D eigenvalue weighted by molar-refractivity contribution is -0.138. The van der Waals surface area contributed by atoms with Gasteiger partial charge in [-0.2, -0.15) is 0 Å². The van der Waals surface area contributed by atoms with E-state index in [1.807, 2.05) is 42.5 Å². The molecule has 0 saturated carbocycles. The third-order valence-corrected chi connectivity index (χ3v) is 6.88. The zero-order valence-electron chi connectivity index (χ0n) is 14.2. The Balaban J connectivity index is 1.99. The average Bonchev–Trinajstić information content (AvgIpc) is 2.69. The SMILES string of the molecule is O=C(O)[C@H](Cc1ccccc1)NP(=O)(c1ccccc1)c1ccccc1. The Morgan fingerprint density at radius 2 is 1.23 bits per heavy atom. The maximum atomic E-state index is 13.9. The number of benzene rings is 3. The predicted molar refractivity (Wildman–Crippen MR) is 104 cm³/mol. The number of nitrogens with one attached hydrogen (secondary N) is 1. The van der Waals surface area contributed by atoms with Gasteiger partial charge in [0.15, 0.2) is 0 Å². The summed E-state index contributed by atoms with van der Waals surface area (Å²) >= 11 is 0. The molecule has 0 saturated heterocycles. The van der Waals surface area contributed by atoms with Gasteiger partial charge in [-0.3, -0.25) is 9.36 Å². The molecule has 4 nitrogen and oxygen atoms in total. The molecule has 0 aliphatic rings. The first-order valence-corrected chi connectivity index (χ1v) is 10.1. The van der Waals surface area contributed by atoms with Crippen molar-refractivity contribution in [1.29, 1.82) is 0 Å². The summed E-state index contributed by atoms with van der Waals surface area (Å²) in [6.07, 6.45) is 0.250. The van der Waals surface area contributed by atoms with Crippen LogP contribution in [0, 0.1) is 0 Å². The van der Waals surface area contributed by atoms with Gasteiger partial charge in [0.2, 0.25) is 7.29 Å². The fraction of sp³-hybridized carbons (Fsp3) is 0.0952. The first-order valence-electron chi connectivity index (χ1n) is 8.35. The smallest absolute Gasteiger partial charge is 0.321 e. The maximum absolute atomic E-state index is 13.9. The van der Waals surface area contributed by atoms with Gasteiger partial charge < -0.3 is 5.11 Å². The molecule has 3 rings (SSSR count). The molecular weight excluding hydrogens is 345 g/mol. The minimum absolute atomic E-state index is 0.250. The molecule has 0 aliphatic carbocycles. The van der Waals surface area contributed by atoms with Crippen LogP contribution in [0.4, 0.5) is 0 Å². The van der Waals surface area contributed by atoms with E-state index < -0.39 is 19.3 Å². The minimum atomic E-state index is -3.30. The first-order chi connectivity index (χ1) is 12.6. The van der Waals surface area contributed by atoms with E-state index in [9.17, 15) is 14.5 Å². The molecule has 0 radical (unpaired) electrons. The summed E-state index contributed by atoms with van der Waals surface area (Å²) in [6.45, 7) is 0. The lowest BCUT2D eigenvalue weighted by Gasteiger charge is -2.25. The van der Waals surface area contributed by atoms with Crippen molar-refractivity contribution in [2.45, 2.75) is 12.5 Å². The minimum Gasteiger partial charge on any atom is -0.480 e. The lowest BCUT2D eigenvalue weighted by atomic mass is 10.1.